The molecule has 0 spiro atoms. The summed E-state index contributed by atoms with van der Waals surface area (Å²) in [5, 5.41) is 10.5. The van der Waals surface area contributed by atoms with Crippen molar-refractivity contribution in [1.29, 1.82) is 0 Å². The first-order valence-corrected chi connectivity index (χ1v) is 6.28. The Balaban J connectivity index is 1.78. The zero-order chi connectivity index (χ0) is 14.8. The Morgan fingerprint density at radius 3 is 2.71 bits per heavy atom. The number of nitrogens with zero attached hydrogens (tertiary/aromatic N) is 3. The van der Waals surface area contributed by atoms with Gasteiger partial charge in [0.25, 0.3) is 5.91 Å². The highest BCUT2D eigenvalue weighted by molar-refractivity contribution is 6.02. The minimum Gasteiger partial charge on any atom is -0.399 e. The van der Waals surface area contributed by atoms with E-state index in [9.17, 15) is 4.79 Å². The lowest BCUT2D eigenvalue weighted by Crippen LogP contribution is -2.13. The first kappa shape index (κ1) is 12.9. The second kappa shape index (κ2) is 5.12. The summed E-state index contributed by atoms with van der Waals surface area (Å²) < 4.78 is 6.48. The summed E-state index contributed by atoms with van der Waals surface area (Å²) in [5.74, 6) is 0.634. The number of benzene rings is 1. The van der Waals surface area contributed by atoms with Gasteiger partial charge >= 0.3 is 0 Å². The Morgan fingerprint density at radius 1 is 1.29 bits per heavy atom. The number of hydrogen-bond acceptors (Lipinski definition) is 5. The smallest absolute Gasteiger partial charge is 0.277 e. The number of amides is 1. The second-order valence-electron chi connectivity index (χ2n) is 4.51. The van der Waals surface area contributed by atoms with Crippen LogP contribution >= 0.6 is 0 Å². The van der Waals surface area contributed by atoms with Gasteiger partial charge < -0.3 is 15.6 Å². The number of nitrogens with one attached hydrogen (secondary N) is 1. The van der Waals surface area contributed by atoms with Gasteiger partial charge in [0.15, 0.2) is 11.5 Å². The number of nitrogens with two attached hydrogens (primary N) is 1. The van der Waals surface area contributed by atoms with Gasteiger partial charge in [-0.05, 0) is 37.3 Å². The van der Waals surface area contributed by atoms with E-state index in [1.165, 1.54) is 0 Å². The van der Waals surface area contributed by atoms with Crippen molar-refractivity contribution in [1.82, 2.24) is 14.9 Å². The molecule has 106 valence electrons. The Kier molecular flexibility index (Phi) is 3.15. The number of aromatic nitrogens is 3. The van der Waals surface area contributed by atoms with Crippen LogP contribution in [-0.4, -0.2) is 20.8 Å². The zero-order valence-electron chi connectivity index (χ0n) is 11.3. The average Bonchev–Trinajstić information content (AvgIpc) is 3.09. The van der Waals surface area contributed by atoms with Gasteiger partial charge in [0, 0.05) is 18.0 Å². The third-order valence-electron chi connectivity index (χ3n) is 2.85. The molecule has 1 amide bonds. The Morgan fingerprint density at radius 2 is 2.05 bits per heavy atom. The van der Waals surface area contributed by atoms with Crippen molar-refractivity contribution >= 4 is 17.4 Å². The monoisotopic (exact) mass is 283 g/mol. The van der Waals surface area contributed by atoms with E-state index >= 15 is 0 Å². The lowest BCUT2D eigenvalue weighted by Gasteiger charge is -2.01. The molecule has 0 aliphatic rings. The first-order valence-electron chi connectivity index (χ1n) is 6.28. The normalized spacial score (nSPS) is 10.5. The van der Waals surface area contributed by atoms with Gasteiger partial charge in [0.1, 0.15) is 5.76 Å². The fourth-order valence-electron chi connectivity index (χ4n) is 1.82. The van der Waals surface area contributed by atoms with Gasteiger partial charge in [0.05, 0.1) is 5.69 Å². The van der Waals surface area contributed by atoms with Crippen LogP contribution in [0.5, 0.6) is 0 Å². The first-order chi connectivity index (χ1) is 10.1. The summed E-state index contributed by atoms with van der Waals surface area (Å²) >= 11 is 0. The minimum atomic E-state index is -0.350. The molecule has 0 unspecified atom stereocenters. The number of hydrogen-bond donors (Lipinski definition) is 2. The Labute approximate surface area is 120 Å². The maximum absolute atomic E-state index is 12.0. The van der Waals surface area contributed by atoms with E-state index in [4.69, 9.17) is 10.3 Å². The van der Waals surface area contributed by atoms with Gasteiger partial charge in [-0.3, -0.25) is 4.79 Å². The quantitative estimate of drug-likeness (QED) is 0.716. The summed E-state index contributed by atoms with van der Waals surface area (Å²) in [6.07, 6.45) is 1.70. The maximum Gasteiger partial charge on any atom is 0.277 e. The number of aryl methyl sites for hydroxylation is 1. The van der Waals surface area contributed by atoms with Crippen LogP contribution in [0, 0.1) is 6.92 Å². The van der Waals surface area contributed by atoms with E-state index < -0.39 is 0 Å². The van der Waals surface area contributed by atoms with Gasteiger partial charge in [0.2, 0.25) is 0 Å². The number of nitrogen functional groups attached to an aromatic ring is 1. The van der Waals surface area contributed by atoms with Crippen LogP contribution in [0.15, 0.2) is 47.1 Å². The molecule has 0 radical (unpaired) electrons. The van der Waals surface area contributed by atoms with Crippen LogP contribution in [-0.2, 0) is 0 Å². The molecule has 3 N–H and O–H groups in total. The van der Waals surface area contributed by atoms with Crippen LogP contribution < -0.4 is 11.1 Å². The standard InChI is InChI=1S/C14H13N5O2/c1-9-8-13(18-21-9)16-14(20)12-6-7-19(17-12)11-4-2-10(15)3-5-11/h2-8H,15H2,1H3,(H,16,18,20). The maximum atomic E-state index is 12.0. The van der Waals surface area contributed by atoms with Crippen LogP contribution in [0.25, 0.3) is 5.69 Å². The Bertz CT molecular complexity index is 773. The van der Waals surface area contributed by atoms with Crippen molar-refractivity contribution in [3.8, 4) is 5.69 Å². The number of carbonyl (C=O) groups is 1. The fourth-order valence-corrected chi connectivity index (χ4v) is 1.82. The molecule has 0 saturated heterocycles. The third kappa shape index (κ3) is 2.76. The van der Waals surface area contributed by atoms with Gasteiger partial charge in [-0.2, -0.15) is 5.10 Å². The molecule has 3 rings (SSSR count). The molecule has 0 aliphatic carbocycles. The van der Waals surface area contributed by atoms with Crippen LogP contribution in [0.2, 0.25) is 0 Å². The lowest BCUT2D eigenvalue weighted by molar-refractivity contribution is 0.102. The highest BCUT2D eigenvalue weighted by Gasteiger charge is 2.12. The summed E-state index contributed by atoms with van der Waals surface area (Å²) in [5.41, 5.74) is 7.41. The molecule has 21 heavy (non-hydrogen) atoms. The molecule has 0 aliphatic heterocycles. The van der Waals surface area contributed by atoms with Crippen molar-refractivity contribution in [3.05, 3.63) is 54.0 Å². The molecule has 1 aromatic carbocycles. The third-order valence-corrected chi connectivity index (χ3v) is 2.85. The highest BCUT2D eigenvalue weighted by Crippen LogP contribution is 2.12. The predicted octanol–water partition coefficient (Wildman–Crippen LogP) is 2.00. The second-order valence-corrected chi connectivity index (χ2v) is 4.51. The number of carbonyl (C=O) groups excluding carboxylic acids is 1. The molecule has 7 nitrogen and oxygen atoms in total. The molecule has 2 heterocycles. The van der Waals surface area contributed by atoms with E-state index in [-0.39, 0.29) is 11.6 Å². The molecule has 0 saturated carbocycles. The SMILES string of the molecule is Cc1cc(NC(=O)c2ccn(-c3ccc(N)cc3)n2)no1. The summed E-state index contributed by atoms with van der Waals surface area (Å²) in [6.45, 7) is 1.75. The van der Waals surface area contributed by atoms with E-state index in [1.807, 2.05) is 12.1 Å². The lowest BCUT2D eigenvalue weighted by atomic mass is 10.3. The minimum absolute atomic E-state index is 0.285. The average molecular weight is 283 g/mol. The molecule has 0 atom stereocenters. The fraction of sp³-hybridized carbons (Fsp3) is 0.0714. The van der Waals surface area contributed by atoms with Gasteiger partial charge in [-0.1, -0.05) is 5.16 Å². The summed E-state index contributed by atoms with van der Waals surface area (Å²) in [4.78, 5) is 12.0. The van der Waals surface area contributed by atoms with Gasteiger partial charge in [-0.15, -0.1) is 0 Å². The van der Waals surface area contributed by atoms with Crippen LogP contribution in [0.3, 0.4) is 0 Å². The van der Waals surface area contributed by atoms with Crippen molar-refractivity contribution in [2.24, 2.45) is 0 Å². The van der Waals surface area contributed by atoms with Crippen molar-refractivity contribution < 1.29 is 9.32 Å². The largest absolute Gasteiger partial charge is 0.399 e. The molecule has 0 bridgehead atoms. The van der Waals surface area contributed by atoms with E-state index in [0.29, 0.717) is 17.3 Å². The Hall–Kier alpha value is -3.09. The van der Waals surface area contributed by atoms with Crippen molar-refractivity contribution in [2.45, 2.75) is 6.92 Å². The number of anilines is 2. The number of rotatable bonds is 3. The van der Waals surface area contributed by atoms with Crippen LogP contribution in [0.1, 0.15) is 16.2 Å². The van der Waals surface area contributed by atoms with Crippen LogP contribution in [0.4, 0.5) is 11.5 Å². The highest BCUT2D eigenvalue weighted by atomic mass is 16.5. The molecular weight excluding hydrogens is 270 g/mol. The summed E-state index contributed by atoms with van der Waals surface area (Å²) in [6, 6.07) is 10.5. The predicted molar refractivity (Wildman–Crippen MR) is 77.2 cm³/mol. The van der Waals surface area contributed by atoms with Crippen molar-refractivity contribution in [2.75, 3.05) is 11.1 Å². The molecule has 7 heteroatoms. The van der Waals surface area contributed by atoms with Crippen molar-refractivity contribution in [3.63, 3.8) is 0 Å². The zero-order valence-corrected chi connectivity index (χ0v) is 11.3. The van der Waals surface area contributed by atoms with Gasteiger partial charge in [-0.25, -0.2) is 4.68 Å². The van der Waals surface area contributed by atoms with E-state index in [1.54, 1.807) is 42.1 Å². The topological polar surface area (TPSA) is 99.0 Å². The molecular formula is C14H13N5O2. The van der Waals surface area contributed by atoms with E-state index in [2.05, 4.69) is 15.6 Å². The molecule has 2 aromatic heterocycles. The molecule has 3 aromatic rings. The molecule has 0 fully saturated rings. The summed E-state index contributed by atoms with van der Waals surface area (Å²) in [7, 11) is 0. The van der Waals surface area contributed by atoms with E-state index in [0.717, 1.165) is 5.69 Å².